The van der Waals surface area contributed by atoms with Gasteiger partial charge in [0, 0.05) is 18.7 Å². The molecule has 0 unspecified atom stereocenters. The first-order valence-corrected chi connectivity index (χ1v) is 10.6. The van der Waals surface area contributed by atoms with Crippen LogP contribution in [0.3, 0.4) is 0 Å². The van der Waals surface area contributed by atoms with Gasteiger partial charge in [0.1, 0.15) is 18.2 Å². The van der Waals surface area contributed by atoms with Crippen LogP contribution in [0.2, 0.25) is 0 Å². The second-order valence-corrected chi connectivity index (χ2v) is 7.91. The Morgan fingerprint density at radius 3 is 2.55 bits per heavy atom. The Balaban J connectivity index is 1.64. The third-order valence-corrected chi connectivity index (χ3v) is 5.68. The Hall–Kier alpha value is -3.87. The number of ether oxygens (including phenoxy) is 2. The van der Waals surface area contributed by atoms with Crippen molar-refractivity contribution in [1.29, 1.82) is 0 Å². The van der Waals surface area contributed by atoms with Crippen LogP contribution in [0, 0.1) is 5.82 Å². The van der Waals surface area contributed by atoms with Crippen molar-refractivity contribution < 1.29 is 28.6 Å². The number of carbonyl (C=O) groups is 2. The van der Waals surface area contributed by atoms with Gasteiger partial charge in [-0.15, -0.1) is 0 Å². The Morgan fingerprint density at radius 2 is 1.82 bits per heavy atom. The van der Waals surface area contributed by atoms with E-state index in [1.807, 2.05) is 30.3 Å². The van der Waals surface area contributed by atoms with Crippen LogP contribution in [0.15, 0.2) is 60.7 Å². The summed E-state index contributed by atoms with van der Waals surface area (Å²) in [5, 5.41) is 9.17. The maximum atomic E-state index is 14.5. The van der Waals surface area contributed by atoms with Gasteiger partial charge in [-0.05, 0) is 58.5 Å². The number of rotatable bonds is 6. The molecular weight excluding hydrogens is 425 g/mol. The van der Waals surface area contributed by atoms with Crippen LogP contribution in [0.1, 0.15) is 22.3 Å². The molecule has 0 spiro atoms. The van der Waals surface area contributed by atoms with E-state index in [2.05, 4.69) is 0 Å². The number of methoxy groups -OCH3 is 1. The number of halogens is 1. The third-order valence-electron chi connectivity index (χ3n) is 5.68. The second kappa shape index (κ2) is 9.73. The van der Waals surface area contributed by atoms with Gasteiger partial charge in [0.15, 0.2) is 0 Å². The lowest BCUT2D eigenvalue weighted by molar-refractivity contribution is -0.136. The van der Waals surface area contributed by atoms with E-state index in [0.29, 0.717) is 35.4 Å². The highest BCUT2D eigenvalue weighted by Crippen LogP contribution is 2.37. The molecule has 6 nitrogen and oxygen atoms in total. The molecule has 1 heterocycles. The van der Waals surface area contributed by atoms with Gasteiger partial charge in [0.2, 0.25) is 0 Å². The summed E-state index contributed by atoms with van der Waals surface area (Å²) in [6.07, 6.45) is -0.115. The monoisotopic (exact) mass is 449 g/mol. The van der Waals surface area contributed by atoms with Crippen LogP contribution in [-0.2, 0) is 35.5 Å². The number of fused-ring (bicyclic) bond motifs is 1. The second-order valence-electron chi connectivity index (χ2n) is 7.91. The van der Waals surface area contributed by atoms with Crippen molar-refractivity contribution in [1.82, 2.24) is 4.90 Å². The highest BCUT2D eigenvalue weighted by molar-refractivity contribution is 5.78. The van der Waals surface area contributed by atoms with Gasteiger partial charge in [-0.2, -0.15) is 0 Å². The van der Waals surface area contributed by atoms with E-state index < -0.39 is 17.9 Å². The number of carbonyl (C=O) groups excluding carboxylic acids is 1. The minimum absolute atomic E-state index is 0.160. The van der Waals surface area contributed by atoms with E-state index >= 15 is 0 Å². The Labute approximate surface area is 191 Å². The zero-order chi connectivity index (χ0) is 23.4. The van der Waals surface area contributed by atoms with E-state index in [-0.39, 0.29) is 19.6 Å². The molecule has 3 aromatic carbocycles. The summed E-state index contributed by atoms with van der Waals surface area (Å²) < 4.78 is 25.5. The molecule has 0 radical (unpaired) electrons. The van der Waals surface area contributed by atoms with Crippen LogP contribution >= 0.6 is 0 Å². The number of amides is 1. The van der Waals surface area contributed by atoms with Crippen molar-refractivity contribution in [3.8, 4) is 16.9 Å². The SMILES string of the molecule is COc1ccc(CC(=O)O)cc1-c1cc(F)cc2c1CN(C(=O)OCc1ccccc1)CC2. The molecule has 0 saturated heterocycles. The molecule has 7 heteroatoms. The van der Waals surface area contributed by atoms with E-state index in [4.69, 9.17) is 9.47 Å². The van der Waals surface area contributed by atoms with Crippen molar-refractivity contribution in [2.45, 2.75) is 26.0 Å². The predicted molar refractivity (Wildman–Crippen MR) is 120 cm³/mol. The summed E-state index contributed by atoms with van der Waals surface area (Å²) in [5.41, 5.74) is 4.24. The molecule has 0 saturated carbocycles. The van der Waals surface area contributed by atoms with Crippen LogP contribution < -0.4 is 4.74 Å². The van der Waals surface area contributed by atoms with Crippen molar-refractivity contribution >= 4 is 12.1 Å². The molecule has 4 rings (SSSR count). The van der Waals surface area contributed by atoms with Gasteiger partial charge in [-0.1, -0.05) is 36.4 Å². The lowest BCUT2D eigenvalue weighted by Gasteiger charge is -2.30. The van der Waals surface area contributed by atoms with Crippen LogP contribution in [-0.4, -0.2) is 35.7 Å². The molecule has 0 atom stereocenters. The van der Waals surface area contributed by atoms with Crippen molar-refractivity contribution in [3.63, 3.8) is 0 Å². The standard InChI is InChI=1S/C26H24FNO5/c1-32-24-8-7-18(12-25(29)30)11-22(24)21-14-20(27)13-19-9-10-28(15-23(19)21)26(31)33-16-17-5-3-2-4-6-17/h2-8,11,13-14H,9-10,12,15-16H2,1H3,(H,29,30). The Bertz CT molecular complexity index is 1180. The first kappa shape index (κ1) is 22.3. The fourth-order valence-corrected chi connectivity index (χ4v) is 4.09. The first-order chi connectivity index (χ1) is 15.9. The smallest absolute Gasteiger partial charge is 0.410 e. The van der Waals surface area contributed by atoms with Crippen molar-refractivity contribution in [3.05, 3.63) is 88.7 Å². The maximum absolute atomic E-state index is 14.5. The Kier molecular flexibility index (Phi) is 6.58. The number of carboxylic acids is 1. The molecule has 170 valence electrons. The van der Waals surface area contributed by atoms with Gasteiger partial charge in [0.05, 0.1) is 13.5 Å². The minimum atomic E-state index is -0.959. The van der Waals surface area contributed by atoms with Crippen molar-refractivity contribution in [2.75, 3.05) is 13.7 Å². The van der Waals surface area contributed by atoms with Gasteiger partial charge in [-0.25, -0.2) is 9.18 Å². The number of aliphatic carboxylic acids is 1. The fraction of sp³-hybridized carbons (Fsp3) is 0.231. The molecule has 1 amide bonds. The van der Waals surface area contributed by atoms with E-state index in [0.717, 1.165) is 16.7 Å². The minimum Gasteiger partial charge on any atom is -0.496 e. The zero-order valence-corrected chi connectivity index (χ0v) is 18.2. The van der Waals surface area contributed by atoms with Gasteiger partial charge in [-0.3, -0.25) is 4.79 Å². The maximum Gasteiger partial charge on any atom is 0.410 e. The lowest BCUT2D eigenvalue weighted by atomic mass is 9.89. The summed E-state index contributed by atoms with van der Waals surface area (Å²) in [4.78, 5) is 25.5. The van der Waals surface area contributed by atoms with Crippen LogP contribution in [0.5, 0.6) is 5.75 Å². The summed E-state index contributed by atoms with van der Waals surface area (Å²) in [5.74, 6) is -0.852. The molecule has 0 bridgehead atoms. The molecule has 1 aliphatic rings. The first-order valence-electron chi connectivity index (χ1n) is 10.6. The molecule has 0 aromatic heterocycles. The van der Waals surface area contributed by atoms with Gasteiger partial charge < -0.3 is 19.5 Å². The molecular formula is C26H24FNO5. The van der Waals surface area contributed by atoms with Crippen LogP contribution in [0.4, 0.5) is 9.18 Å². The number of carboxylic acid groups (broad SMARTS) is 1. The summed E-state index contributed by atoms with van der Waals surface area (Å²) in [6, 6.07) is 17.4. The quantitative estimate of drug-likeness (QED) is 0.584. The average molecular weight is 449 g/mol. The zero-order valence-electron chi connectivity index (χ0n) is 18.2. The summed E-state index contributed by atoms with van der Waals surface area (Å²) >= 11 is 0. The highest BCUT2D eigenvalue weighted by Gasteiger charge is 2.26. The van der Waals surface area contributed by atoms with Crippen LogP contribution in [0.25, 0.3) is 11.1 Å². The van der Waals surface area contributed by atoms with Gasteiger partial charge >= 0.3 is 12.1 Å². The number of hydrogen-bond donors (Lipinski definition) is 1. The summed E-state index contributed by atoms with van der Waals surface area (Å²) in [7, 11) is 1.51. The summed E-state index contributed by atoms with van der Waals surface area (Å²) in [6.45, 7) is 0.842. The lowest BCUT2D eigenvalue weighted by Crippen LogP contribution is -2.36. The number of benzene rings is 3. The van der Waals surface area contributed by atoms with E-state index in [1.54, 1.807) is 23.1 Å². The van der Waals surface area contributed by atoms with E-state index in [1.165, 1.54) is 19.2 Å². The molecule has 3 aromatic rings. The molecule has 33 heavy (non-hydrogen) atoms. The van der Waals surface area contributed by atoms with E-state index in [9.17, 15) is 19.1 Å². The predicted octanol–water partition coefficient (Wildman–Crippen LogP) is 4.82. The highest BCUT2D eigenvalue weighted by atomic mass is 19.1. The largest absolute Gasteiger partial charge is 0.496 e. The van der Waals surface area contributed by atoms with Gasteiger partial charge in [0.25, 0.3) is 0 Å². The fourth-order valence-electron chi connectivity index (χ4n) is 4.09. The normalized spacial score (nSPS) is 12.7. The third kappa shape index (κ3) is 5.14. The Morgan fingerprint density at radius 1 is 1.03 bits per heavy atom. The molecule has 0 aliphatic carbocycles. The van der Waals surface area contributed by atoms with Crippen molar-refractivity contribution in [2.24, 2.45) is 0 Å². The molecule has 0 fully saturated rings. The molecule has 1 aliphatic heterocycles. The average Bonchev–Trinajstić information content (AvgIpc) is 2.82. The number of nitrogens with zero attached hydrogens (tertiary/aromatic N) is 1. The topological polar surface area (TPSA) is 76.1 Å². The molecule has 1 N–H and O–H groups in total. The number of hydrogen-bond acceptors (Lipinski definition) is 4.